The van der Waals surface area contributed by atoms with Crippen LogP contribution >= 0.6 is 11.3 Å². The standard InChI is InChI=1S/C28H27N3O3S/c1-15-5-9-17(10-6-15)30-26(33)25-24(29)23-21(16-7-11-18(34-4)12-8-16)22-19(31-27(23)35-25)13-28(2,3)14-20(22)32/h5-12H,13-14,29H2,1-4H3,(H,30,33). The van der Waals surface area contributed by atoms with Crippen molar-refractivity contribution >= 4 is 44.6 Å². The van der Waals surface area contributed by atoms with Gasteiger partial charge >= 0.3 is 0 Å². The van der Waals surface area contributed by atoms with Gasteiger partial charge in [-0.3, -0.25) is 9.59 Å². The number of pyridine rings is 1. The van der Waals surface area contributed by atoms with E-state index in [2.05, 4.69) is 19.2 Å². The van der Waals surface area contributed by atoms with Crippen LogP contribution in [0.15, 0.2) is 48.5 Å². The molecule has 0 atom stereocenters. The lowest BCUT2D eigenvalue weighted by Crippen LogP contribution is -2.28. The number of hydrogen-bond acceptors (Lipinski definition) is 6. The van der Waals surface area contributed by atoms with Gasteiger partial charge in [-0.1, -0.05) is 43.7 Å². The highest BCUT2D eigenvalue weighted by Crippen LogP contribution is 2.46. The summed E-state index contributed by atoms with van der Waals surface area (Å²) in [6.45, 7) is 6.15. The van der Waals surface area contributed by atoms with E-state index in [4.69, 9.17) is 15.5 Å². The normalized spacial score (nSPS) is 14.6. The number of rotatable bonds is 4. The lowest BCUT2D eigenvalue weighted by molar-refractivity contribution is 0.0911. The van der Waals surface area contributed by atoms with Gasteiger partial charge in [0, 0.05) is 28.6 Å². The number of anilines is 2. The number of carbonyl (C=O) groups excluding carboxylic acids is 2. The van der Waals surface area contributed by atoms with Gasteiger partial charge in [-0.2, -0.15) is 0 Å². The van der Waals surface area contributed by atoms with Crippen LogP contribution in [0.2, 0.25) is 0 Å². The maximum absolute atomic E-state index is 13.4. The molecule has 0 fully saturated rings. The molecule has 0 bridgehead atoms. The van der Waals surface area contributed by atoms with Crippen LogP contribution in [0.25, 0.3) is 21.3 Å². The minimum absolute atomic E-state index is 0.0488. The maximum Gasteiger partial charge on any atom is 0.267 e. The molecule has 178 valence electrons. The second-order valence-corrected chi connectivity index (χ2v) is 10.8. The Morgan fingerprint density at radius 3 is 2.40 bits per heavy atom. The summed E-state index contributed by atoms with van der Waals surface area (Å²) in [6, 6.07) is 15.2. The van der Waals surface area contributed by atoms with Crippen molar-refractivity contribution in [2.45, 2.75) is 33.6 Å². The number of fused-ring (bicyclic) bond motifs is 2. The summed E-state index contributed by atoms with van der Waals surface area (Å²) in [6.07, 6.45) is 1.11. The van der Waals surface area contributed by atoms with Crippen LogP contribution < -0.4 is 15.8 Å². The van der Waals surface area contributed by atoms with Crippen LogP contribution in [-0.2, 0) is 6.42 Å². The topological polar surface area (TPSA) is 94.3 Å². The van der Waals surface area contributed by atoms with E-state index >= 15 is 0 Å². The summed E-state index contributed by atoms with van der Waals surface area (Å²) in [5.41, 5.74) is 11.5. The van der Waals surface area contributed by atoms with Crippen molar-refractivity contribution in [2.75, 3.05) is 18.2 Å². The molecule has 3 N–H and O–H groups in total. The number of ketones is 1. The zero-order valence-corrected chi connectivity index (χ0v) is 21.0. The van der Waals surface area contributed by atoms with Crippen LogP contribution in [0.3, 0.4) is 0 Å². The van der Waals surface area contributed by atoms with Crippen molar-refractivity contribution in [3.05, 3.63) is 70.2 Å². The number of aromatic nitrogens is 1. The van der Waals surface area contributed by atoms with Gasteiger partial charge in [0.25, 0.3) is 5.91 Å². The summed E-state index contributed by atoms with van der Waals surface area (Å²) in [5, 5.41) is 3.59. The number of hydrogen-bond donors (Lipinski definition) is 2. The molecule has 1 amide bonds. The summed E-state index contributed by atoms with van der Waals surface area (Å²) >= 11 is 1.26. The lowest BCUT2D eigenvalue weighted by Gasteiger charge is -2.31. The van der Waals surface area contributed by atoms with Crippen molar-refractivity contribution in [2.24, 2.45) is 5.41 Å². The SMILES string of the molecule is COc1ccc(-c2c3c(nc4sc(C(=O)Nc5ccc(C)cc5)c(N)c24)CC(C)(C)CC3=O)cc1. The average molecular weight is 486 g/mol. The van der Waals surface area contributed by atoms with Crippen molar-refractivity contribution in [3.8, 4) is 16.9 Å². The summed E-state index contributed by atoms with van der Waals surface area (Å²) in [4.78, 5) is 32.5. The third-order valence-electron chi connectivity index (χ3n) is 6.41. The van der Waals surface area contributed by atoms with Crippen LogP contribution in [0, 0.1) is 12.3 Å². The molecule has 2 aromatic carbocycles. The summed E-state index contributed by atoms with van der Waals surface area (Å²) in [5.74, 6) is 0.476. The number of benzene rings is 2. The van der Waals surface area contributed by atoms with Crippen molar-refractivity contribution in [1.29, 1.82) is 0 Å². The molecule has 0 saturated carbocycles. The molecule has 2 aromatic heterocycles. The number of ether oxygens (including phenoxy) is 1. The van der Waals surface area contributed by atoms with Gasteiger partial charge in [-0.15, -0.1) is 11.3 Å². The molecule has 4 aromatic rings. The molecule has 6 nitrogen and oxygen atoms in total. The van der Waals surface area contributed by atoms with Gasteiger partial charge < -0.3 is 15.8 Å². The number of Topliss-reactive ketones (excluding diaryl/α,β-unsaturated/α-hetero) is 1. The smallest absolute Gasteiger partial charge is 0.267 e. The van der Waals surface area contributed by atoms with E-state index in [1.807, 2.05) is 55.5 Å². The van der Waals surface area contributed by atoms with Crippen LogP contribution in [0.5, 0.6) is 5.75 Å². The molecule has 0 radical (unpaired) electrons. The predicted molar refractivity (Wildman–Crippen MR) is 142 cm³/mol. The molecule has 7 heteroatoms. The van der Waals surface area contributed by atoms with E-state index in [9.17, 15) is 9.59 Å². The number of nitrogens with zero attached hydrogens (tertiary/aromatic N) is 1. The number of nitrogens with one attached hydrogen (secondary N) is 1. The molecule has 0 unspecified atom stereocenters. The minimum atomic E-state index is -0.292. The third-order valence-corrected chi connectivity index (χ3v) is 7.51. The van der Waals surface area contributed by atoms with Crippen LogP contribution in [0.4, 0.5) is 11.4 Å². The number of nitrogens with two attached hydrogens (primary N) is 1. The van der Waals surface area contributed by atoms with E-state index in [1.54, 1.807) is 7.11 Å². The van der Waals surface area contributed by atoms with Crippen molar-refractivity contribution < 1.29 is 14.3 Å². The molecule has 5 rings (SSSR count). The zero-order valence-electron chi connectivity index (χ0n) is 20.2. The van der Waals surface area contributed by atoms with E-state index in [0.29, 0.717) is 44.9 Å². The first-order valence-corrected chi connectivity index (χ1v) is 12.3. The summed E-state index contributed by atoms with van der Waals surface area (Å²) in [7, 11) is 1.61. The van der Waals surface area contributed by atoms with Gasteiger partial charge in [-0.25, -0.2) is 4.98 Å². The molecular formula is C28H27N3O3S. The predicted octanol–water partition coefficient (Wildman–Crippen LogP) is 6.27. The maximum atomic E-state index is 13.4. The van der Waals surface area contributed by atoms with E-state index < -0.39 is 0 Å². The van der Waals surface area contributed by atoms with Crippen molar-refractivity contribution in [1.82, 2.24) is 4.98 Å². The Morgan fingerprint density at radius 1 is 1.06 bits per heavy atom. The number of thiophene rings is 1. The lowest BCUT2D eigenvalue weighted by atomic mass is 9.73. The molecule has 0 aliphatic heterocycles. The third kappa shape index (κ3) is 4.17. The highest BCUT2D eigenvalue weighted by atomic mass is 32.1. The largest absolute Gasteiger partial charge is 0.497 e. The first-order valence-electron chi connectivity index (χ1n) is 11.5. The number of carbonyl (C=O) groups is 2. The Hall–Kier alpha value is -3.71. The first-order chi connectivity index (χ1) is 16.7. The van der Waals surface area contributed by atoms with Gasteiger partial charge in [0.15, 0.2) is 5.78 Å². The van der Waals surface area contributed by atoms with Crippen LogP contribution in [0.1, 0.15) is 51.6 Å². The molecule has 0 spiro atoms. The van der Waals surface area contributed by atoms with Gasteiger partial charge in [0.05, 0.1) is 18.5 Å². The summed E-state index contributed by atoms with van der Waals surface area (Å²) < 4.78 is 5.32. The van der Waals surface area contributed by atoms with E-state index in [0.717, 1.165) is 28.1 Å². The quantitative estimate of drug-likeness (QED) is 0.355. The minimum Gasteiger partial charge on any atom is -0.497 e. The Labute approximate surface area is 208 Å². The van der Waals surface area contributed by atoms with E-state index in [-0.39, 0.29) is 17.1 Å². The van der Waals surface area contributed by atoms with E-state index in [1.165, 1.54) is 11.3 Å². The Kier molecular flexibility index (Phi) is 5.60. The fraction of sp³-hybridized carbons (Fsp3) is 0.250. The molecule has 35 heavy (non-hydrogen) atoms. The zero-order chi connectivity index (χ0) is 24.9. The molecule has 0 saturated heterocycles. The highest BCUT2D eigenvalue weighted by Gasteiger charge is 2.36. The molecule has 1 aliphatic carbocycles. The number of amides is 1. The fourth-order valence-corrected chi connectivity index (χ4v) is 5.73. The Bertz CT molecular complexity index is 1470. The number of nitrogen functional groups attached to an aromatic ring is 1. The van der Waals surface area contributed by atoms with Gasteiger partial charge in [0.1, 0.15) is 15.5 Å². The molecule has 2 heterocycles. The number of methoxy groups -OCH3 is 1. The Morgan fingerprint density at radius 2 is 1.74 bits per heavy atom. The fourth-order valence-electron chi connectivity index (χ4n) is 4.71. The van der Waals surface area contributed by atoms with Crippen molar-refractivity contribution in [3.63, 3.8) is 0 Å². The monoisotopic (exact) mass is 485 g/mol. The number of aryl methyl sites for hydroxylation is 1. The van der Waals surface area contributed by atoms with Gasteiger partial charge in [-0.05, 0) is 48.6 Å². The van der Waals surface area contributed by atoms with Gasteiger partial charge in [0.2, 0.25) is 0 Å². The molecule has 1 aliphatic rings. The second kappa shape index (κ2) is 8.50. The van der Waals surface area contributed by atoms with Crippen LogP contribution in [-0.4, -0.2) is 23.8 Å². The Balaban J connectivity index is 1.71. The highest BCUT2D eigenvalue weighted by molar-refractivity contribution is 7.21. The molecular weight excluding hydrogens is 458 g/mol. The second-order valence-electron chi connectivity index (χ2n) is 9.82. The first kappa shape index (κ1) is 23.1. The average Bonchev–Trinajstić information content (AvgIpc) is 3.14.